The highest BCUT2D eigenvalue weighted by atomic mass is 16.5. The second kappa shape index (κ2) is 7.81. The van der Waals surface area contributed by atoms with Crippen molar-refractivity contribution in [3.63, 3.8) is 0 Å². The lowest BCUT2D eigenvalue weighted by Crippen LogP contribution is -2.49. The highest BCUT2D eigenvalue weighted by Gasteiger charge is 2.45. The van der Waals surface area contributed by atoms with Gasteiger partial charge in [-0.15, -0.1) is 0 Å². The molecule has 1 aromatic heterocycles. The van der Waals surface area contributed by atoms with Gasteiger partial charge in [-0.3, -0.25) is 9.78 Å². The van der Waals surface area contributed by atoms with Gasteiger partial charge in [0.1, 0.15) is 6.10 Å². The van der Waals surface area contributed by atoms with E-state index in [2.05, 4.69) is 4.98 Å². The lowest BCUT2D eigenvalue weighted by Gasteiger charge is -2.35. The molecule has 0 spiro atoms. The van der Waals surface area contributed by atoms with Crippen LogP contribution in [0.3, 0.4) is 0 Å². The van der Waals surface area contributed by atoms with Crippen LogP contribution in [0.5, 0.6) is 0 Å². The lowest BCUT2D eigenvalue weighted by molar-refractivity contribution is -0.143. The molecule has 3 fully saturated rings. The molecule has 0 aromatic carbocycles. The fourth-order valence-corrected chi connectivity index (χ4v) is 4.23. The maximum absolute atomic E-state index is 13.1. The third-order valence-electron chi connectivity index (χ3n) is 5.60. The molecule has 3 aliphatic rings. The summed E-state index contributed by atoms with van der Waals surface area (Å²) in [4.78, 5) is 19.1. The SMILES string of the molecule is O=C(C1CCOCC1)N1CCOC2CCC1C2OCc1ccncc1. The molecule has 136 valence electrons. The third kappa shape index (κ3) is 3.71. The van der Waals surface area contributed by atoms with Crippen LogP contribution in [0.4, 0.5) is 0 Å². The number of nitrogens with zero attached hydrogens (tertiary/aromatic N) is 2. The third-order valence-corrected chi connectivity index (χ3v) is 5.60. The van der Waals surface area contributed by atoms with E-state index in [0.29, 0.717) is 33.0 Å². The van der Waals surface area contributed by atoms with Gasteiger partial charge < -0.3 is 19.1 Å². The molecule has 2 aliphatic heterocycles. The van der Waals surface area contributed by atoms with E-state index in [9.17, 15) is 4.79 Å². The fourth-order valence-electron chi connectivity index (χ4n) is 4.23. The van der Waals surface area contributed by atoms with Crippen molar-refractivity contribution < 1.29 is 19.0 Å². The summed E-state index contributed by atoms with van der Waals surface area (Å²) in [5.74, 6) is 0.351. The topological polar surface area (TPSA) is 60.9 Å². The normalized spacial score (nSPS) is 30.2. The molecule has 1 saturated carbocycles. The Bertz CT molecular complexity index is 576. The number of hydrogen-bond donors (Lipinski definition) is 0. The molecule has 0 radical (unpaired) electrons. The highest BCUT2D eigenvalue weighted by molar-refractivity contribution is 5.79. The minimum absolute atomic E-state index is 0.0422. The number of amides is 1. The summed E-state index contributed by atoms with van der Waals surface area (Å²) in [5, 5.41) is 0. The van der Waals surface area contributed by atoms with Gasteiger partial charge in [0.15, 0.2) is 0 Å². The summed E-state index contributed by atoms with van der Waals surface area (Å²) in [6, 6.07) is 4.05. The number of aromatic nitrogens is 1. The number of pyridine rings is 1. The molecule has 3 heterocycles. The summed E-state index contributed by atoms with van der Waals surface area (Å²) in [5.41, 5.74) is 1.10. The lowest BCUT2D eigenvalue weighted by atomic mass is 9.97. The molecule has 25 heavy (non-hydrogen) atoms. The van der Waals surface area contributed by atoms with E-state index in [0.717, 1.165) is 31.2 Å². The van der Waals surface area contributed by atoms with E-state index < -0.39 is 0 Å². The van der Waals surface area contributed by atoms with Gasteiger partial charge >= 0.3 is 0 Å². The molecule has 6 nitrogen and oxygen atoms in total. The maximum Gasteiger partial charge on any atom is 0.226 e. The van der Waals surface area contributed by atoms with E-state index in [4.69, 9.17) is 14.2 Å². The van der Waals surface area contributed by atoms with E-state index in [1.165, 1.54) is 0 Å². The molecule has 6 heteroatoms. The molecule has 1 amide bonds. The Morgan fingerprint density at radius 3 is 2.76 bits per heavy atom. The van der Waals surface area contributed by atoms with Crippen molar-refractivity contribution in [3.05, 3.63) is 30.1 Å². The number of fused-ring (bicyclic) bond motifs is 2. The Kier molecular flexibility index (Phi) is 5.29. The monoisotopic (exact) mass is 346 g/mol. The minimum atomic E-state index is -0.0422. The summed E-state index contributed by atoms with van der Waals surface area (Å²) in [6.45, 7) is 3.19. The van der Waals surface area contributed by atoms with Crippen molar-refractivity contribution in [2.24, 2.45) is 5.92 Å². The molecule has 2 saturated heterocycles. The molecule has 3 unspecified atom stereocenters. The molecule has 2 bridgehead atoms. The quantitative estimate of drug-likeness (QED) is 0.832. The fraction of sp³-hybridized carbons (Fsp3) is 0.684. The average molecular weight is 346 g/mol. The van der Waals surface area contributed by atoms with Crippen LogP contribution in [0.2, 0.25) is 0 Å². The van der Waals surface area contributed by atoms with Gasteiger partial charge in [0, 0.05) is 38.1 Å². The van der Waals surface area contributed by atoms with Gasteiger partial charge in [0.2, 0.25) is 5.91 Å². The van der Waals surface area contributed by atoms with Crippen LogP contribution >= 0.6 is 0 Å². The van der Waals surface area contributed by atoms with Crippen LogP contribution < -0.4 is 0 Å². The van der Waals surface area contributed by atoms with Gasteiger partial charge in [-0.05, 0) is 43.4 Å². The summed E-state index contributed by atoms with van der Waals surface area (Å²) in [7, 11) is 0. The Balaban J connectivity index is 1.45. The first-order valence-corrected chi connectivity index (χ1v) is 9.33. The Hall–Kier alpha value is -1.50. The van der Waals surface area contributed by atoms with Crippen LogP contribution in [0.15, 0.2) is 24.5 Å². The van der Waals surface area contributed by atoms with Crippen LogP contribution in [-0.4, -0.2) is 60.4 Å². The van der Waals surface area contributed by atoms with Gasteiger partial charge in [-0.1, -0.05) is 0 Å². The molecule has 1 aliphatic carbocycles. The Labute approximate surface area is 148 Å². The molecule has 1 aromatic rings. The number of carbonyl (C=O) groups excluding carboxylic acids is 1. The van der Waals surface area contributed by atoms with Crippen molar-refractivity contribution in [3.8, 4) is 0 Å². The number of rotatable bonds is 4. The first-order chi connectivity index (χ1) is 12.3. The standard InChI is InChI=1S/C19H26N2O4/c22-19(15-5-10-23-11-6-15)21-9-12-24-17-2-1-16(21)18(17)25-13-14-3-7-20-8-4-14/h3-4,7-8,15-18H,1-2,5-6,9-13H2. The predicted octanol–water partition coefficient (Wildman–Crippen LogP) is 1.78. The van der Waals surface area contributed by atoms with Crippen LogP contribution in [-0.2, 0) is 25.6 Å². The second-order valence-electron chi connectivity index (χ2n) is 7.10. The minimum Gasteiger partial charge on any atom is -0.381 e. The number of ether oxygens (including phenoxy) is 3. The van der Waals surface area contributed by atoms with E-state index in [-0.39, 0.29) is 30.1 Å². The van der Waals surface area contributed by atoms with Crippen molar-refractivity contribution >= 4 is 5.91 Å². The number of carbonyl (C=O) groups is 1. The molecule has 0 N–H and O–H groups in total. The number of hydrogen-bond acceptors (Lipinski definition) is 5. The van der Waals surface area contributed by atoms with E-state index in [1.54, 1.807) is 12.4 Å². The van der Waals surface area contributed by atoms with Crippen LogP contribution in [0, 0.1) is 5.92 Å². The predicted molar refractivity (Wildman–Crippen MR) is 90.8 cm³/mol. The van der Waals surface area contributed by atoms with E-state index in [1.807, 2.05) is 17.0 Å². The summed E-state index contributed by atoms with van der Waals surface area (Å²) >= 11 is 0. The zero-order valence-corrected chi connectivity index (χ0v) is 14.5. The van der Waals surface area contributed by atoms with Crippen molar-refractivity contribution in [1.82, 2.24) is 9.88 Å². The van der Waals surface area contributed by atoms with E-state index >= 15 is 0 Å². The van der Waals surface area contributed by atoms with Crippen molar-refractivity contribution in [2.45, 2.75) is 50.5 Å². The smallest absolute Gasteiger partial charge is 0.226 e. The van der Waals surface area contributed by atoms with Crippen LogP contribution in [0.25, 0.3) is 0 Å². The van der Waals surface area contributed by atoms with Gasteiger partial charge in [0.25, 0.3) is 0 Å². The van der Waals surface area contributed by atoms with Crippen LogP contribution in [0.1, 0.15) is 31.2 Å². The molecular weight excluding hydrogens is 320 g/mol. The summed E-state index contributed by atoms with van der Waals surface area (Å²) in [6.07, 6.45) is 7.18. The first kappa shape index (κ1) is 16.9. The second-order valence-corrected chi connectivity index (χ2v) is 7.10. The Morgan fingerprint density at radius 1 is 1.16 bits per heavy atom. The summed E-state index contributed by atoms with van der Waals surface area (Å²) < 4.78 is 17.6. The van der Waals surface area contributed by atoms with Gasteiger partial charge in [0.05, 0.1) is 25.4 Å². The van der Waals surface area contributed by atoms with Crippen molar-refractivity contribution in [2.75, 3.05) is 26.4 Å². The Morgan fingerprint density at radius 2 is 1.96 bits per heavy atom. The maximum atomic E-state index is 13.1. The van der Waals surface area contributed by atoms with Crippen molar-refractivity contribution in [1.29, 1.82) is 0 Å². The largest absolute Gasteiger partial charge is 0.381 e. The zero-order chi connectivity index (χ0) is 17.1. The van der Waals surface area contributed by atoms with Gasteiger partial charge in [-0.2, -0.15) is 0 Å². The molecule has 4 rings (SSSR count). The van der Waals surface area contributed by atoms with Gasteiger partial charge in [-0.25, -0.2) is 0 Å². The molecular formula is C19H26N2O4. The average Bonchev–Trinajstić information content (AvgIpc) is 2.96. The zero-order valence-electron chi connectivity index (χ0n) is 14.5. The molecule has 3 atom stereocenters. The first-order valence-electron chi connectivity index (χ1n) is 9.33. The highest BCUT2D eigenvalue weighted by Crippen LogP contribution is 2.34.